The molecule has 1 N–H and O–H groups in total. The van der Waals surface area contributed by atoms with Crippen LogP contribution in [-0.2, 0) is 4.79 Å². The number of carbonyl (C=O) groups excluding carboxylic acids is 2. The third-order valence-corrected chi connectivity index (χ3v) is 5.73. The number of piperazine rings is 1. The lowest BCUT2D eigenvalue weighted by Gasteiger charge is -2.34. The molecule has 0 saturated carbocycles. The van der Waals surface area contributed by atoms with Crippen molar-refractivity contribution >= 4 is 17.5 Å². The quantitative estimate of drug-likeness (QED) is 0.840. The van der Waals surface area contributed by atoms with Gasteiger partial charge in [0.1, 0.15) is 0 Å². The first-order valence-corrected chi connectivity index (χ1v) is 10.3. The minimum Gasteiger partial charge on any atom is -0.336 e. The number of hydrogen-bond donors (Lipinski definition) is 1. The number of nitrogens with zero attached hydrogens (tertiary/aromatic N) is 2. The van der Waals surface area contributed by atoms with E-state index in [1.54, 1.807) is 0 Å². The molecule has 1 fully saturated rings. The Balaban J connectivity index is 1.50. The maximum atomic E-state index is 12.7. The fourth-order valence-corrected chi connectivity index (χ4v) is 3.58. The lowest BCUT2D eigenvalue weighted by Crippen LogP contribution is -2.50. The third-order valence-electron chi connectivity index (χ3n) is 5.73. The van der Waals surface area contributed by atoms with E-state index in [2.05, 4.69) is 24.1 Å². The Hall–Kier alpha value is -2.66. The highest BCUT2D eigenvalue weighted by atomic mass is 16.2. The van der Waals surface area contributed by atoms with Gasteiger partial charge in [0, 0.05) is 37.4 Å². The van der Waals surface area contributed by atoms with E-state index in [1.165, 1.54) is 5.56 Å². The predicted octanol–water partition coefficient (Wildman–Crippen LogP) is 3.82. The zero-order valence-electron chi connectivity index (χ0n) is 17.9. The molecule has 5 nitrogen and oxygen atoms in total. The van der Waals surface area contributed by atoms with Crippen molar-refractivity contribution in [1.29, 1.82) is 0 Å². The number of rotatable bonds is 5. The molecule has 0 atom stereocenters. The van der Waals surface area contributed by atoms with Gasteiger partial charge >= 0.3 is 0 Å². The van der Waals surface area contributed by atoms with E-state index in [4.69, 9.17) is 0 Å². The standard InChI is InChI=1S/C24H31N3O2/c1-17(2)20-8-10-21(11-9-20)24(29)27-14-12-26(13-15-27)16-23(28)25-22-7-5-6-18(3)19(22)4/h5-11,17H,12-16H2,1-4H3,(H,25,28). The second-order valence-corrected chi connectivity index (χ2v) is 8.14. The smallest absolute Gasteiger partial charge is 0.253 e. The topological polar surface area (TPSA) is 52.7 Å². The maximum absolute atomic E-state index is 12.7. The van der Waals surface area contributed by atoms with Crippen LogP contribution in [0.2, 0.25) is 0 Å². The number of aryl methyl sites for hydroxylation is 1. The van der Waals surface area contributed by atoms with E-state index >= 15 is 0 Å². The van der Waals surface area contributed by atoms with E-state index in [1.807, 2.05) is 61.2 Å². The number of benzene rings is 2. The summed E-state index contributed by atoms with van der Waals surface area (Å²) in [7, 11) is 0. The monoisotopic (exact) mass is 393 g/mol. The van der Waals surface area contributed by atoms with Crippen LogP contribution in [0, 0.1) is 13.8 Å². The summed E-state index contributed by atoms with van der Waals surface area (Å²) in [6.45, 7) is 11.4. The van der Waals surface area contributed by atoms with Crippen LogP contribution in [0.1, 0.15) is 46.8 Å². The van der Waals surface area contributed by atoms with Gasteiger partial charge in [-0.15, -0.1) is 0 Å². The van der Waals surface area contributed by atoms with Crippen molar-refractivity contribution < 1.29 is 9.59 Å². The summed E-state index contributed by atoms with van der Waals surface area (Å²) >= 11 is 0. The van der Waals surface area contributed by atoms with E-state index in [0.29, 0.717) is 38.6 Å². The average molecular weight is 394 g/mol. The van der Waals surface area contributed by atoms with Crippen LogP contribution in [0.4, 0.5) is 5.69 Å². The third kappa shape index (κ3) is 5.24. The first-order chi connectivity index (χ1) is 13.8. The van der Waals surface area contributed by atoms with Gasteiger partial charge in [-0.25, -0.2) is 0 Å². The maximum Gasteiger partial charge on any atom is 0.253 e. The van der Waals surface area contributed by atoms with Crippen molar-refractivity contribution in [3.63, 3.8) is 0 Å². The van der Waals surface area contributed by atoms with Gasteiger partial charge in [0.05, 0.1) is 6.54 Å². The summed E-state index contributed by atoms with van der Waals surface area (Å²) in [5.74, 6) is 0.514. The average Bonchev–Trinajstić information content (AvgIpc) is 2.71. The molecule has 0 unspecified atom stereocenters. The highest BCUT2D eigenvalue weighted by Crippen LogP contribution is 2.18. The summed E-state index contributed by atoms with van der Waals surface area (Å²) in [5.41, 5.74) is 5.10. The summed E-state index contributed by atoms with van der Waals surface area (Å²) < 4.78 is 0. The van der Waals surface area contributed by atoms with Crippen LogP contribution in [0.5, 0.6) is 0 Å². The van der Waals surface area contributed by atoms with Crippen LogP contribution in [-0.4, -0.2) is 54.3 Å². The molecule has 0 spiro atoms. The van der Waals surface area contributed by atoms with Gasteiger partial charge in [0.25, 0.3) is 5.91 Å². The molecule has 3 rings (SSSR count). The Labute approximate surface area is 173 Å². The second-order valence-electron chi connectivity index (χ2n) is 8.14. The largest absolute Gasteiger partial charge is 0.336 e. The van der Waals surface area contributed by atoms with E-state index in [0.717, 1.165) is 22.4 Å². The Kier molecular flexibility index (Phi) is 6.70. The van der Waals surface area contributed by atoms with Crippen molar-refractivity contribution in [2.45, 2.75) is 33.6 Å². The molecule has 0 aromatic heterocycles. The molecule has 2 aromatic carbocycles. The summed E-state index contributed by atoms with van der Waals surface area (Å²) in [6.07, 6.45) is 0. The second kappa shape index (κ2) is 9.23. The van der Waals surface area contributed by atoms with E-state index in [9.17, 15) is 9.59 Å². The van der Waals surface area contributed by atoms with Crippen molar-refractivity contribution in [2.24, 2.45) is 0 Å². The highest BCUT2D eigenvalue weighted by molar-refractivity contribution is 5.94. The molecular weight excluding hydrogens is 362 g/mol. The summed E-state index contributed by atoms with van der Waals surface area (Å²) in [4.78, 5) is 29.2. The molecule has 5 heteroatoms. The fraction of sp³-hybridized carbons (Fsp3) is 0.417. The molecule has 1 aliphatic heterocycles. The highest BCUT2D eigenvalue weighted by Gasteiger charge is 2.23. The van der Waals surface area contributed by atoms with Crippen LogP contribution in [0.15, 0.2) is 42.5 Å². The number of nitrogens with one attached hydrogen (secondary N) is 1. The number of carbonyl (C=O) groups is 2. The van der Waals surface area contributed by atoms with E-state index < -0.39 is 0 Å². The Bertz CT molecular complexity index is 866. The molecule has 0 aliphatic carbocycles. The van der Waals surface area contributed by atoms with Crippen molar-refractivity contribution in [1.82, 2.24) is 9.80 Å². The molecule has 2 aromatic rings. The minimum absolute atomic E-state index is 0.0113. The summed E-state index contributed by atoms with van der Waals surface area (Å²) in [5, 5.41) is 3.01. The van der Waals surface area contributed by atoms with Gasteiger partial charge in [-0.1, -0.05) is 38.1 Å². The number of anilines is 1. The fourth-order valence-electron chi connectivity index (χ4n) is 3.58. The molecule has 0 radical (unpaired) electrons. The van der Waals surface area contributed by atoms with Crippen molar-refractivity contribution in [3.05, 3.63) is 64.7 Å². The molecule has 29 heavy (non-hydrogen) atoms. The molecule has 1 heterocycles. The molecule has 1 aliphatic rings. The lowest BCUT2D eigenvalue weighted by molar-refractivity contribution is -0.117. The summed E-state index contributed by atoms with van der Waals surface area (Å²) in [6, 6.07) is 13.8. The Morgan fingerprint density at radius 2 is 1.62 bits per heavy atom. The van der Waals surface area contributed by atoms with Crippen molar-refractivity contribution in [2.75, 3.05) is 38.0 Å². The molecule has 0 bridgehead atoms. The van der Waals surface area contributed by atoms with Gasteiger partial charge in [0.15, 0.2) is 0 Å². The SMILES string of the molecule is Cc1cccc(NC(=O)CN2CCN(C(=O)c3ccc(C(C)C)cc3)CC2)c1C. The minimum atomic E-state index is -0.0113. The first-order valence-electron chi connectivity index (χ1n) is 10.3. The molecule has 1 saturated heterocycles. The van der Waals surface area contributed by atoms with Gasteiger partial charge in [-0.05, 0) is 54.7 Å². The van der Waals surface area contributed by atoms with Gasteiger partial charge in [-0.3, -0.25) is 14.5 Å². The van der Waals surface area contributed by atoms with Gasteiger partial charge in [-0.2, -0.15) is 0 Å². The number of hydrogen-bond acceptors (Lipinski definition) is 3. The van der Waals surface area contributed by atoms with Gasteiger partial charge < -0.3 is 10.2 Å². The Morgan fingerprint density at radius 1 is 0.966 bits per heavy atom. The normalized spacial score (nSPS) is 14.9. The lowest BCUT2D eigenvalue weighted by atomic mass is 10.0. The number of amides is 2. The van der Waals surface area contributed by atoms with Crippen LogP contribution < -0.4 is 5.32 Å². The molecule has 2 amide bonds. The van der Waals surface area contributed by atoms with E-state index in [-0.39, 0.29) is 11.8 Å². The Morgan fingerprint density at radius 3 is 2.24 bits per heavy atom. The zero-order chi connectivity index (χ0) is 21.0. The van der Waals surface area contributed by atoms with Gasteiger partial charge in [0.2, 0.25) is 5.91 Å². The predicted molar refractivity (Wildman–Crippen MR) is 117 cm³/mol. The molecule has 154 valence electrons. The zero-order valence-corrected chi connectivity index (χ0v) is 17.9. The molecular formula is C24H31N3O2. The van der Waals surface area contributed by atoms with Crippen molar-refractivity contribution in [3.8, 4) is 0 Å². The van der Waals surface area contributed by atoms with Crippen LogP contribution >= 0.6 is 0 Å². The van der Waals surface area contributed by atoms with Crippen LogP contribution in [0.25, 0.3) is 0 Å². The van der Waals surface area contributed by atoms with Crippen LogP contribution in [0.3, 0.4) is 0 Å². The first kappa shape index (κ1) is 21.1.